The Bertz CT molecular complexity index is 1240. The first-order valence-electron chi connectivity index (χ1n) is 12.9. The summed E-state index contributed by atoms with van der Waals surface area (Å²) in [7, 11) is 0. The van der Waals surface area contributed by atoms with Gasteiger partial charge in [-0.25, -0.2) is 0 Å². The second-order valence-corrected chi connectivity index (χ2v) is 10.8. The minimum atomic E-state index is -4.73. The molecule has 0 aliphatic heterocycles. The lowest BCUT2D eigenvalue weighted by molar-refractivity contribution is -0.162. The summed E-state index contributed by atoms with van der Waals surface area (Å²) < 4.78 is 66.4. The molecule has 0 heterocycles. The van der Waals surface area contributed by atoms with Crippen LogP contribution in [0.15, 0.2) is 48.5 Å². The van der Waals surface area contributed by atoms with E-state index < -0.39 is 66.6 Å². The number of ketones is 1. The molecule has 230 valence electrons. The fourth-order valence-electron chi connectivity index (χ4n) is 3.86. The van der Waals surface area contributed by atoms with Gasteiger partial charge in [0.15, 0.2) is 0 Å². The van der Waals surface area contributed by atoms with E-state index >= 15 is 0 Å². The SMILES string of the molecule is CC(C)[C@H](NC(=O)C(Cc1ccccc1)NC(=O)CCc1cc(Cl)cc(Cl)c1)C(=O)C(F)(F)C(=O)NCCC(F)(F)F. The fraction of sp³-hybridized carbons (Fsp3) is 0.429. The largest absolute Gasteiger partial charge is 0.390 e. The summed E-state index contributed by atoms with van der Waals surface area (Å²) in [6, 6.07) is 10.0. The van der Waals surface area contributed by atoms with Crippen molar-refractivity contribution in [2.75, 3.05) is 6.54 Å². The van der Waals surface area contributed by atoms with Gasteiger partial charge in [-0.05, 0) is 41.7 Å². The zero-order valence-corrected chi connectivity index (χ0v) is 24.2. The third kappa shape index (κ3) is 11.2. The third-order valence-electron chi connectivity index (χ3n) is 6.03. The highest BCUT2D eigenvalue weighted by Gasteiger charge is 2.51. The zero-order chi connectivity index (χ0) is 31.7. The maximum absolute atomic E-state index is 14.7. The minimum Gasteiger partial charge on any atom is -0.350 e. The summed E-state index contributed by atoms with van der Waals surface area (Å²) in [6.07, 6.45) is -6.21. The van der Waals surface area contributed by atoms with Crippen LogP contribution in [-0.4, -0.2) is 54.2 Å². The molecule has 3 N–H and O–H groups in total. The average Bonchev–Trinajstić information content (AvgIpc) is 2.88. The summed E-state index contributed by atoms with van der Waals surface area (Å²) in [5.74, 6) is -11.4. The van der Waals surface area contributed by atoms with Crippen molar-refractivity contribution in [3.63, 3.8) is 0 Å². The molecule has 14 heteroatoms. The van der Waals surface area contributed by atoms with Crippen molar-refractivity contribution in [1.82, 2.24) is 16.0 Å². The molecular weight excluding hydrogens is 608 g/mol. The van der Waals surface area contributed by atoms with Crippen LogP contribution in [-0.2, 0) is 32.0 Å². The highest BCUT2D eigenvalue weighted by atomic mass is 35.5. The van der Waals surface area contributed by atoms with Crippen LogP contribution in [0.4, 0.5) is 22.0 Å². The van der Waals surface area contributed by atoms with Crippen molar-refractivity contribution in [1.29, 1.82) is 0 Å². The van der Waals surface area contributed by atoms with Crippen molar-refractivity contribution in [3.8, 4) is 0 Å². The number of rotatable bonds is 14. The number of hydrogen-bond donors (Lipinski definition) is 3. The predicted octanol–water partition coefficient (Wildman–Crippen LogP) is 5.07. The first-order valence-corrected chi connectivity index (χ1v) is 13.6. The van der Waals surface area contributed by atoms with Gasteiger partial charge in [-0.1, -0.05) is 67.4 Å². The number of hydrogen-bond acceptors (Lipinski definition) is 4. The molecule has 0 aliphatic rings. The van der Waals surface area contributed by atoms with E-state index in [1.807, 2.05) is 0 Å². The van der Waals surface area contributed by atoms with E-state index in [4.69, 9.17) is 23.2 Å². The van der Waals surface area contributed by atoms with Crippen LogP contribution in [0.3, 0.4) is 0 Å². The maximum Gasteiger partial charge on any atom is 0.390 e. The highest BCUT2D eigenvalue weighted by Crippen LogP contribution is 2.23. The molecule has 0 saturated heterocycles. The normalized spacial score (nSPS) is 13.3. The Hall–Kier alpha value is -3.25. The van der Waals surface area contributed by atoms with Gasteiger partial charge in [0.1, 0.15) is 6.04 Å². The molecule has 42 heavy (non-hydrogen) atoms. The molecule has 0 aliphatic carbocycles. The zero-order valence-electron chi connectivity index (χ0n) is 22.7. The quantitative estimate of drug-likeness (QED) is 0.199. The van der Waals surface area contributed by atoms with E-state index in [0.29, 0.717) is 21.2 Å². The Labute approximate surface area is 249 Å². The van der Waals surface area contributed by atoms with Gasteiger partial charge >= 0.3 is 12.1 Å². The lowest BCUT2D eigenvalue weighted by Gasteiger charge is -2.27. The van der Waals surface area contributed by atoms with Crippen LogP contribution in [0, 0.1) is 5.92 Å². The molecule has 2 atom stereocenters. The molecule has 1 unspecified atom stereocenters. The summed E-state index contributed by atoms with van der Waals surface area (Å²) >= 11 is 12.0. The van der Waals surface area contributed by atoms with Gasteiger partial charge in [0.2, 0.25) is 17.6 Å². The number of carbonyl (C=O) groups excluding carboxylic acids is 4. The van der Waals surface area contributed by atoms with Crippen LogP contribution >= 0.6 is 23.2 Å². The molecule has 0 fully saturated rings. The first-order chi connectivity index (χ1) is 19.5. The van der Waals surface area contributed by atoms with Crippen molar-refractivity contribution in [3.05, 3.63) is 69.7 Å². The number of halogens is 7. The van der Waals surface area contributed by atoms with Gasteiger partial charge in [0.25, 0.3) is 5.91 Å². The number of amides is 3. The number of aryl methyl sites for hydroxylation is 1. The second-order valence-electron chi connectivity index (χ2n) is 9.88. The summed E-state index contributed by atoms with van der Waals surface area (Å²) in [4.78, 5) is 50.7. The molecule has 2 aromatic rings. The molecule has 2 rings (SSSR count). The van der Waals surface area contributed by atoms with Crippen LogP contribution < -0.4 is 16.0 Å². The van der Waals surface area contributed by atoms with Gasteiger partial charge < -0.3 is 16.0 Å². The minimum absolute atomic E-state index is 0.0608. The second kappa shape index (κ2) is 15.3. The lowest BCUT2D eigenvalue weighted by atomic mass is 9.94. The van der Waals surface area contributed by atoms with Crippen molar-refractivity contribution in [2.24, 2.45) is 5.92 Å². The molecule has 0 spiro atoms. The van der Waals surface area contributed by atoms with E-state index in [2.05, 4.69) is 10.6 Å². The molecule has 7 nitrogen and oxygen atoms in total. The molecule has 3 amide bonds. The Kier molecular flexibility index (Phi) is 12.7. The lowest BCUT2D eigenvalue weighted by Crippen LogP contribution is -2.59. The molecule has 0 saturated carbocycles. The Balaban J connectivity index is 2.18. The van der Waals surface area contributed by atoms with Crippen LogP contribution in [0.1, 0.15) is 37.8 Å². The topological polar surface area (TPSA) is 104 Å². The van der Waals surface area contributed by atoms with E-state index in [9.17, 15) is 41.1 Å². The Morgan fingerprint density at radius 3 is 2.00 bits per heavy atom. The number of benzene rings is 2. The number of Topliss-reactive ketones (excluding diaryl/α,β-unsaturated/α-hetero) is 1. The van der Waals surface area contributed by atoms with Gasteiger partial charge in [0, 0.05) is 29.4 Å². The predicted molar refractivity (Wildman–Crippen MR) is 147 cm³/mol. The standard InChI is InChI=1S/C28H30Cl2F5N3O4/c1-16(2)23(24(40)28(34,35)26(42)36-11-10-27(31,32)33)38-25(41)21(14-17-6-4-3-5-7-17)37-22(39)9-8-18-12-19(29)15-20(30)13-18/h3-7,12-13,15-16,21,23H,8-11,14H2,1-2H3,(H,36,42)(H,37,39)(H,38,41)/t21?,23-/m0/s1. The first kappa shape index (κ1) is 34.9. The van der Waals surface area contributed by atoms with Crippen LogP contribution in [0.2, 0.25) is 10.0 Å². The van der Waals surface area contributed by atoms with Crippen LogP contribution in [0.25, 0.3) is 0 Å². The monoisotopic (exact) mass is 637 g/mol. The maximum atomic E-state index is 14.7. The number of alkyl halides is 5. The molecule has 0 bridgehead atoms. The molecule has 0 radical (unpaired) electrons. The van der Waals surface area contributed by atoms with E-state index in [1.54, 1.807) is 42.5 Å². The average molecular weight is 638 g/mol. The summed E-state index contributed by atoms with van der Waals surface area (Å²) in [6.45, 7) is 1.51. The van der Waals surface area contributed by atoms with Gasteiger partial charge in [0.05, 0.1) is 12.5 Å². The van der Waals surface area contributed by atoms with Crippen molar-refractivity contribution < 1.29 is 41.1 Å². The van der Waals surface area contributed by atoms with Gasteiger partial charge in [-0.2, -0.15) is 22.0 Å². The fourth-order valence-corrected chi connectivity index (χ4v) is 4.43. The molecule has 2 aromatic carbocycles. The van der Waals surface area contributed by atoms with E-state index in [1.165, 1.54) is 25.2 Å². The third-order valence-corrected chi connectivity index (χ3v) is 6.47. The van der Waals surface area contributed by atoms with Crippen LogP contribution in [0.5, 0.6) is 0 Å². The number of carbonyl (C=O) groups is 4. The Morgan fingerprint density at radius 1 is 0.857 bits per heavy atom. The molecule has 0 aromatic heterocycles. The van der Waals surface area contributed by atoms with Crippen molar-refractivity contribution in [2.45, 2.75) is 63.7 Å². The summed E-state index contributed by atoms with van der Waals surface area (Å²) in [5.41, 5.74) is 1.27. The highest BCUT2D eigenvalue weighted by molar-refractivity contribution is 6.34. The van der Waals surface area contributed by atoms with Gasteiger partial charge in [-0.15, -0.1) is 0 Å². The molecular formula is C28H30Cl2F5N3O4. The Morgan fingerprint density at radius 2 is 1.45 bits per heavy atom. The summed E-state index contributed by atoms with van der Waals surface area (Å²) in [5, 5.41) is 6.89. The number of nitrogens with one attached hydrogen (secondary N) is 3. The van der Waals surface area contributed by atoms with E-state index in [0.717, 1.165) is 0 Å². The van der Waals surface area contributed by atoms with Gasteiger partial charge in [-0.3, -0.25) is 19.2 Å². The smallest absolute Gasteiger partial charge is 0.350 e. The van der Waals surface area contributed by atoms with Crippen molar-refractivity contribution >= 4 is 46.7 Å². The van der Waals surface area contributed by atoms with E-state index in [-0.39, 0.29) is 19.3 Å².